The Bertz CT molecular complexity index is 1590. The van der Waals surface area contributed by atoms with Crippen molar-refractivity contribution in [3.63, 3.8) is 0 Å². The molecule has 0 bridgehead atoms. The van der Waals surface area contributed by atoms with E-state index in [1.54, 1.807) is 23.5 Å². The van der Waals surface area contributed by atoms with Crippen molar-refractivity contribution in [2.75, 3.05) is 5.75 Å². The molecule has 0 amide bonds. The Balaban J connectivity index is 0.000000440. The molecule has 0 spiro atoms. The highest BCUT2D eigenvalue weighted by Gasteiger charge is 2.22. The van der Waals surface area contributed by atoms with Gasteiger partial charge in [-0.3, -0.25) is 9.59 Å². The molecule has 1 atom stereocenters. The predicted octanol–water partition coefficient (Wildman–Crippen LogP) is 12.3. The van der Waals surface area contributed by atoms with E-state index in [4.69, 9.17) is 11.6 Å². The number of halogens is 1. The molecule has 0 radical (unpaired) electrons. The van der Waals surface area contributed by atoms with Crippen molar-refractivity contribution in [3.8, 4) is 0 Å². The lowest BCUT2D eigenvalue weighted by Gasteiger charge is -2.30. The molecule has 6 heteroatoms. The van der Waals surface area contributed by atoms with E-state index in [-0.39, 0.29) is 17.3 Å². The largest absolute Gasteiger partial charge is 0.300 e. The van der Waals surface area contributed by atoms with Gasteiger partial charge in [0.2, 0.25) is 0 Å². The van der Waals surface area contributed by atoms with Crippen LogP contribution >= 0.6 is 35.1 Å². The second-order valence-electron chi connectivity index (χ2n) is 12.6. The SMILES string of the molecule is C=C(CCSc1ccc(Cl)cc1)C(=O)C1=CC=C(Sc2ccc(C(=O)c3ccccc3C)cc2)CC1.CC(C)=O.CCC(C)C1CCC1. The Morgan fingerprint density at radius 2 is 1.52 bits per heavy atom. The Kier molecular flexibility index (Phi) is 16.7. The molecule has 0 saturated heterocycles. The van der Waals surface area contributed by atoms with Crippen LogP contribution < -0.4 is 0 Å². The summed E-state index contributed by atoms with van der Waals surface area (Å²) in [4.78, 5) is 38.5. The summed E-state index contributed by atoms with van der Waals surface area (Å²) in [7, 11) is 0. The number of aryl methyl sites for hydroxylation is 1. The number of Topliss-reactive ketones (excluding diaryl/α,β-unsaturated/α-hetero) is 2. The maximum Gasteiger partial charge on any atom is 0.193 e. The van der Waals surface area contributed by atoms with E-state index in [0.717, 1.165) is 55.5 Å². The fourth-order valence-corrected chi connectivity index (χ4v) is 7.16. The van der Waals surface area contributed by atoms with Crippen LogP contribution in [0, 0.1) is 18.8 Å². The lowest BCUT2D eigenvalue weighted by atomic mass is 9.76. The number of ketones is 3. The molecule has 2 aliphatic rings. The van der Waals surface area contributed by atoms with Gasteiger partial charge in [-0.25, -0.2) is 0 Å². The molecular weight excluding hydrogens is 652 g/mol. The second-order valence-corrected chi connectivity index (χ2v) is 15.4. The number of thioether (sulfide) groups is 2. The first-order valence-corrected chi connectivity index (χ1v) is 19.0. The van der Waals surface area contributed by atoms with Gasteiger partial charge in [-0.2, -0.15) is 0 Å². The van der Waals surface area contributed by atoms with E-state index in [0.29, 0.717) is 24.0 Å². The van der Waals surface area contributed by atoms with Crippen LogP contribution in [0.15, 0.2) is 117 Å². The van der Waals surface area contributed by atoms with Crippen LogP contribution in [0.2, 0.25) is 5.02 Å². The van der Waals surface area contributed by atoms with Gasteiger partial charge in [0.05, 0.1) is 0 Å². The van der Waals surface area contributed by atoms with Gasteiger partial charge < -0.3 is 4.79 Å². The minimum absolute atomic E-state index is 0.0411. The molecule has 3 aromatic carbocycles. The zero-order valence-electron chi connectivity index (χ0n) is 29.0. The summed E-state index contributed by atoms with van der Waals surface area (Å²) in [6.45, 7) is 13.7. The van der Waals surface area contributed by atoms with Gasteiger partial charge >= 0.3 is 0 Å². The number of allylic oxidation sites excluding steroid dienone is 5. The Morgan fingerprint density at radius 1 is 0.896 bits per heavy atom. The summed E-state index contributed by atoms with van der Waals surface area (Å²) in [6.07, 6.45) is 12.0. The van der Waals surface area contributed by atoms with E-state index in [2.05, 4.69) is 20.4 Å². The van der Waals surface area contributed by atoms with Crippen LogP contribution in [0.1, 0.15) is 94.1 Å². The fourth-order valence-electron chi connectivity index (χ4n) is 5.21. The maximum absolute atomic E-state index is 12.8. The van der Waals surface area contributed by atoms with Gasteiger partial charge in [0, 0.05) is 37.3 Å². The maximum atomic E-state index is 12.8. The molecule has 1 saturated carbocycles. The van der Waals surface area contributed by atoms with Crippen LogP contribution in [0.3, 0.4) is 0 Å². The zero-order chi connectivity index (χ0) is 35.1. The van der Waals surface area contributed by atoms with Crippen LogP contribution in [0.5, 0.6) is 0 Å². The number of hydrogen-bond donors (Lipinski definition) is 0. The Morgan fingerprint density at radius 3 is 2.04 bits per heavy atom. The van der Waals surface area contributed by atoms with Crippen LogP contribution in [0.4, 0.5) is 0 Å². The zero-order valence-corrected chi connectivity index (χ0v) is 31.4. The van der Waals surface area contributed by atoms with Crippen molar-refractivity contribution in [3.05, 3.63) is 129 Å². The van der Waals surface area contributed by atoms with Crippen molar-refractivity contribution < 1.29 is 14.4 Å². The molecule has 2 aliphatic carbocycles. The summed E-state index contributed by atoms with van der Waals surface area (Å²) in [6, 6.07) is 23.1. The third-order valence-electron chi connectivity index (χ3n) is 8.56. The van der Waals surface area contributed by atoms with Crippen molar-refractivity contribution in [2.24, 2.45) is 11.8 Å². The summed E-state index contributed by atoms with van der Waals surface area (Å²) in [5.41, 5.74) is 3.88. The summed E-state index contributed by atoms with van der Waals surface area (Å²) in [5.74, 6) is 3.17. The van der Waals surface area contributed by atoms with E-state index >= 15 is 0 Å². The number of rotatable bonds is 12. The average Bonchev–Trinajstić information content (AvgIpc) is 3.05. The van der Waals surface area contributed by atoms with Crippen LogP contribution in [-0.4, -0.2) is 23.1 Å². The minimum Gasteiger partial charge on any atom is -0.300 e. The standard InChI is InChI=1S/C31H27ClO2S2.C8H16.C3H6O/c1-21-5-3-4-6-29(21)31(34)24-9-15-28(16-10-24)36-27-13-7-23(8-14-27)30(33)22(2)19-20-35-26-17-11-25(32)12-18-26;1-3-7(2)8-5-4-6-8;1-3(2)4/h3-7,9-13,15-18H,2,8,14,19-20H2,1H3;7-8H,3-6H2,1-2H3;1-2H3. The molecular formula is C42H49ClO3S2. The quantitative estimate of drug-likeness (QED) is 0.107. The molecule has 3 aromatic rings. The van der Waals surface area contributed by atoms with Gasteiger partial charge in [-0.1, -0.05) is 106 Å². The highest BCUT2D eigenvalue weighted by Crippen LogP contribution is 2.35. The van der Waals surface area contributed by atoms with Crippen LogP contribution in [0.25, 0.3) is 0 Å². The van der Waals surface area contributed by atoms with Gasteiger partial charge in [-0.05, 0) is 116 Å². The predicted molar refractivity (Wildman–Crippen MR) is 206 cm³/mol. The van der Waals surface area contributed by atoms with E-state index in [1.165, 1.54) is 44.4 Å². The third-order valence-corrected chi connectivity index (χ3v) is 10.9. The molecule has 254 valence electrons. The van der Waals surface area contributed by atoms with Gasteiger partial charge in [0.1, 0.15) is 5.78 Å². The molecule has 0 heterocycles. The molecule has 0 aromatic heterocycles. The lowest BCUT2D eigenvalue weighted by Crippen LogP contribution is -2.18. The van der Waals surface area contributed by atoms with Crippen LogP contribution in [-0.2, 0) is 9.59 Å². The third kappa shape index (κ3) is 13.1. The monoisotopic (exact) mass is 700 g/mol. The van der Waals surface area contributed by atoms with Crippen molar-refractivity contribution in [1.82, 2.24) is 0 Å². The first-order chi connectivity index (χ1) is 23.0. The second kappa shape index (κ2) is 20.4. The summed E-state index contributed by atoms with van der Waals surface area (Å²) >= 11 is 9.30. The van der Waals surface area contributed by atoms with Gasteiger partial charge in [0.15, 0.2) is 11.6 Å². The summed E-state index contributed by atoms with van der Waals surface area (Å²) < 4.78 is 0. The Labute approximate surface area is 301 Å². The van der Waals surface area contributed by atoms with E-state index in [1.807, 2.05) is 91.9 Å². The van der Waals surface area contributed by atoms with E-state index < -0.39 is 0 Å². The smallest absolute Gasteiger partial charge is 0.193 e. The number of carbonyl (C=O) groups excluding carboxylic acids is 3. The highest BCUT2D eigenvalue weighted by molar-refractivity contribution is 8.03. The van der Waals surface area contributed by atoms with Gasteiger partial charge in [-0.15, -0.1) is 11.8 Å². The Hall–Kier alpha value is -3.12. The number of benzene rings is 3. The van der Waals surface area contributed by atoms with Crippen molar-refractivity contribution in [2.45, 2.75) is 89.4 Å². The number of hydrogen-bond acceptors (Lipinski definition) is 5. The molecule has 1 fully saturated rings. The first kappa shape index (κ1) is 39.3. The molecule has 0 aliphatic heterocycles. The fraction of sp³-hybridized carbons (Fsp3) is 0.357. The summed E-state index contributed by atoms with van der Waals surface area (Å²) in [5, 5.41) is 0.721. The van der Waals surface area contributed by atoms with E-state index in [9.17, 15) is 14.4 Å². The van der Waals surface area contributed by atoms with Crippen molar-refractivity contribution >= 4 is 52.5 Å². The molecule has 48 heavy (non-hydrogen) atoms. The highest BCUT2D eigenvalue weighted by atomic mass is 35.5. The number of carbonyl (C=O) groups is 3. The van der Waals surface area contributed by atoms with Crippen molar-refractivity contribution in [1.29, 1.82) is 0 Å². The normalized spacial score (nSPS) is 14.5. The minimum atomic E-state index is 0.0411. The topological polar surface area (TPSA) is 51.2 Å². The molecule has 5 rings (SSSR count). The average molecular weight is 701 g/mol. The molecule has 1 unspecified atom stereocenters. The first-order valence-electron chi connectivity index (χ1n) is 16.8. The molecule has 0 N–H and O–H groups in total. The van der Waals surface area contributed by atoms with Gasteiger partial charge in [0.25, 0.3) is 0 Å². The molecule has 3 nitrogen and oxygen atoms in total. The lowest BCUT2D eigenvalue weighted by molar-refractivity contribution is -0.115.